The summed E-state index contributed by atoms with van der Waals surface area (Å²) in [5.41, 5.74) is 3.76. The molecule has 0 amide bonds. The molecule has 0 radical (unpaired) electrons. The van der Waals surface area contributed by atoms with E-state index < -0.39 is 0 Å². The van der Waals surface area contributed by atoms with Crippen LogP contribution in [-0.4, -0.2) is 28.5 Å². The van der Waals surface area contributed by atoms with E-state index >= 15 is 0 Å². The average Bonchev–Trinajstić information content (AvgIpc) is 2.68. The molecule has 3 rings (SSSR count). The Morgan fingerprint density at radius 3 is 2.82 bits per heavy atom. The molecule has 0 fully saturated rings. The SMILES string of the molecule is COc1cc(/C=N/Nc2nncc(=O)[nH]2)ccc1OCc1ccc(Cl)cc1Cl. The van der Waals surface area contributed by atoms with Crippen molar-refractivity contribution >= 4 is 35.4 Å². The summed E-state index contributed by atoms with van der Waals surface area (Å²) in [5.74, 6) is 1.22. The van der Waals surface area contributed by atoms with Gasteiger partial charge in [-0.1, -0.05) is 29.3 Å². The van der Waals surface area contributed by atoms with Crippen LogP contribution in [0.25, 0.3) is 0 Å². The van der Waals surface area contributed by atoms with Crippen molar-refractivity contribution in [2.45, 2.75) is 6.61 Å². The van der Waals surface area contributed by atoms with Gasteiger partial charge in [-0.2, -0.15) is 5.10 Å². The molecule has 2 N–H and O–H groups in total. The summed E-state index contributed by atoms with van der Waals surface area (Å²) < 4.78 is 11.2. The fourth-order valence-electron chi connectivity index (χ4n) is 2.21. The van der Waals surface area contributed by atoms with Crippen molar-refractivity contribution in [1.82, 2.24) is 15.2 Å². The molecular weight excluding hydrogens is 405 g/mol. The third kappa shape index (κ3) is 5.21. The Balaban J connectivity index is 1.67. The maximum Gasteiger partial charge on any atom is 0.271 e. The van der Waals surface area contributed by atoms with Crippen LogP contribution < -0.4 is 20.5 Å². The standard InChI is InChI=1S/C18H15Cl2N5O3/c1-27-16-6-11(8-21-24-18-23-17(26)9-22-25-18)2-5-15(16)28-10-12-3-4-13(19)7-14(12)20/h2-9H,10H2,1H3,(H2,23,24,25,26)/b21-8+. The first-order chi connectivity index (χ1) is 13.5. The number of rotatable bonds is 7. The fraction of sp³-hybridized carbons (Fsp3) is 0.111. The summed E-state index contributed by atoms with van der Waals surface area (Å²) in [6.45, 7) is 0.265. The van der Waals surface area contributed by atoms with Crippen LogP contribution in [0.15, 0.2) is 52.5 Å². The van der Waals surface area contributed by atoms with Gasteiger partial charge in [0.1, 0.15) is 12.8 Å². The van der Waals surface area contributed by atoms with Crippen LogP contribution in [0.2, 0.25) is 10.0 Å². The Labute approximate surface area is 170 Å². The van der Waals surface area contributed by atoms with Crippen molar-refractivity contribution in [3.63, 3.8) is 0 Å². The van der Waals surface area contributed by atoms with Crippen molar-refractivity contribution in [2.24, 2.45) is 5.10 Å². The fourth-order valence-corrected chi connectivity index (χ4v) is 2.67. The van der Waals surface area contributed by atoms with Crippen molar-refractivity contribution < 1.29 is 9.47 Å². The molecule has 28 heavy (non-hydrogen) atoms. The lowest BCUT2D eigenvalue weighted by atomic mass is 10.2. The first-order valence-electron chi connectivity index (χ1n) is 8.01. The topological polar surface area (TPSA) is 101 Å². The van der Waals surface area contributed by atoms with Crippen LogP contribution in [0.1, 0.15) is 11.1 Å². The van der Waals surface area contributed by atoms with Crippen molar-refractivity contribution in [1.29, 1.82) is 0 Å². The van der Waals surface area contributed by atoms with E-state index in [1.54, 1.807) is 43.5 Å². The predicted molar refractivity (Wildman–Crippen MR) is 108 cm³/mol. The average molecular weight is 420 g/mol. The van der Waals surface area contributed by atoms with E-state index in [1.807, 2.05) is 0 Å². The van der Waals surface area contributed by atoms with Crippen LogP contribution in [-0.2, 0) is 6.61 Å². The van der Waals surface area contributed by atoms with Crippen LogP contribution in [0.4, 0.5) is 5.95 Å². The number of aromatic nitrogens is 3. The van der Waals surface area contributed by atoms with Gasteiger partial charge in [0.2, 0.25) is 5.95 Å². The minimum absolute atomic E-state index is 0.135. The zero-order chi connectivity index (χ0) is 19.9. The van der Waals surface area contributed by atoms with Crippen LogP contribution >= 0.6 is 23.2 Å². The molecule has 0 aliphatic rings. The lowest BCUT2D eigenvalue weighted by molar-refractivity contribution is 0.284. The molecule has 0 aliphatic carbocycles. The Morgan fingerprint density at radius 2 is 2.07 bits per heavy atom. The number of nitrogens with zero attached hydrogens (tertiary/aromatic N) is 3. The Kier molecular flexibility index (Phi) is 6.46. The second kappa shape index (κ2) is 9.20. The molecule has 0 unspecified atom stereocenters. The van der Waals surface area contributed by atoms with E-state index in [4.69, 9.17) is 32.7 Å². The zero-order valence-electron chi connectivity index (χ0n) is 14.6. The molecule has 0 saturated carbocycles. The summed E-state index contributed by atoms with van der Waals surface area (Å²) >= 11 is 12.1. The highest BCUT2D eigenvalue weighted by Gasteiger charge is 2.08. The van der Waals surface area contributed by atoms with Gasteiger partial charge in [-0.05, 0) is 35.9 Å². The van der Waals surface area contributed by atoms with Gasteiger partial charge in [-0.25, -0.2) is 5.43 Å². The number of hydrogen-bond donors (Lipinski definition) is 2. The molecule has 2 aromatic carbocycles. The highest BCUT2D eigenvalue weighted by atomic mass is 35.5. The molecule has 1 heterocycles. The number of aromatic amines is 1. The smallest absolute Gasteiger partial charge is 0.271 e. The van der Waals surface area contributed by atoms with E-state index in [2.05, 4.69) is 25.7 Å². The van der Waals surface area contributed by atoms with Gasteiger partial charge in [0.25, 0.3) is 5.56 Å². The summed E-state index contributed by atoms with van der Waals surface area (Å²) in [6, 6.07) is 10.5. The number of nitrogens with one attached hydrogen (secondary N) is 2. The first-order valence-corrected chi connectivity index (χ1v) is 8.76. The van der Waals surface area contributed by atoms with Crippen LogP contribution in [0.3, 0.4) is 0 Å². The number of ether oxygens (including phenoxy) is 2. The van der Waals surface area contributed by atoms with Gasteiger partial charge in [0.15, 0.2) is 11.5 Å². The van der Waals surface area contributed by atoms with Crippen LogP contribution in [0, 0.1) is 0 Å². The summed E-state index contributed by atoms with van der Waals surface area (Å²) in [7, 11) is 1.54. The van der Waals surface area contributed by atoms with Crippen molar-refractivity contribution in [3.05, 3.63) is 74.1 Å². The molecule has 0 atom stereocenters. The van der Waals surface area contributed by atoms with Gasteiger partial charge < -0.3 is 9.47 Å². The minimum atomic E-state index is -0.378. The van der Waals surface area contributed by atoms with E-state index in [0.717, 1.165) is 17.3 Å². The lowest BCUT2D eigenvalue weighted by Gasteiger charge is -2.12. The van der Waals surface area contributed by atoms with Gasteiger partial charge in [-0.3, -0.25) is 9.78 Å². The molecule has 0 spiro atoms. The maximum atomic E-state index is 11.2. The van der Waals surface area contributed by atoms with Gasteiger partial charge in [0.05, 0.1) is 13.3 Å². The van der Waals surface area contributed by atoms with E-state index in [0.29, 0.717) is 21.5 Å². The second-order valence-corrected chi connectivity index (χ2v) is 6.33. The van der Waals surface area contributed by atoms with Crippen LogP contribution in [0.5, 0.6) is 11.5 Å². The van der Waals surface area contributed by atoms with E-state index in [-0.39, 0.29) is 18.1 Å². The number of H-pyrrole nitrogens is 1. The van der Waals surface area contributed by atoms with Crippen molar-refractivity contribution in [3.8, 4) is 11.5 Å². The third-order valence-electron chi connectivity index (χ3n) is 3.54. The van der Waals surface area contributed by atoms with Crippen molar-refractivity contribution in [2.75, 3.05) is 12.5 Å². The number of halogens is 2. The first kappa shape index (κ1) is 19.7. The third-order valence-corrected chi connectivity index (χ3v) is 4.13. The summed E-state index contributed by atoms with van der Waals surface area (Å²) in [6.07, 6.45) is 2.60. The highest BCUT2D eigenvalue weighted by Crippen LogP contribution is 2.29. The second-order valence-electron chi connectivity index (χ2n) is 5.49. The number of anilines is 1. The predicted octanol–water partition coefficient (Wildman–Crippen LogP) is 3.51. The van der Waals surface area contributed by atoms with Gasteiger partial charge >= 0.3 is 0 Å². The summed E-state index contributed by atoms with van der Waals surface area (Å²) in [5, 5.41) is 12.3. The Hall–Kier alpha value is -3.10. The number of hydrazone groups is 1. The molecule has 0 aliphatic heterocycles. The molecular formula is C18H15Cl2N5O3. The molecule has 144 valence electrons. The number of methoxy groups -OCH3 is 1. The zero-order valence-corrected chi connectivity index (χ0v) is 16.2. The van der Waals surface area contributed by atoms with E-state index in [1.165, 1.54) is 6.21 Å². The van der Waals surface area contributed by atoms with Gasteiger partial charge in [-0.15, -0.1) is 10.2 Å². The minimum Gasteiger partial charge on any atom is -0.493 e. The monoisotopic (exact) mass is 419 g/mol. The molecule has 0 saturated heterocycles. The van der Waals surface area contributed by atoms with E-state index in [9.17, 15) is 4.79 Å². The quantitative estimate of drug-likeness (QED) is 0.448. The lowest BCUT2D eigenvalue weighted by Crippen LogP contribution is -2.10. The molecule has 10 heteroatoms. The Morgan fingerprint density at radius 1 is 1.21 bits per heavy atom. The largest absolute Gasteiger partial charge is 0.493 e. The molecule has 0 bridgehead atoms. The normalized spacial score (nSPS) is 10.8. The molecule has 8 nitrogen and oxygen atoms in total. The summed E-state index contributed by atoms with van der Waals surface area (Å²) in [4.78, 5) is 13.6. The Bertz CT molecular complexity index is 1060. The molecule has 1 aromatic heterocycles. The highest BCUT2D eigenvalue weighted by molar-refractivity contribution is 6.35. The van der Waals surface area contributed by atoms with Gasteiger partial charge in [0, 0.05) is 15.6 Å². The maximum absolute atomic E-state index is 11.2. The molecule has 3 aromatic rings. The number of benzene rings is 2. The number of hydrogen-bond acceptors (Lipinski definition) is 7.